The quantitative estimate of drug-likeness (QED) is 0.568. The van der Waals surface area contributed by atoms with Crippen molar-refractivity contribution in [1.82, 2.24) is 19.8 Å². The van der Waals surface area contributed by atoms with Crippen molar-refractivity contribution in [3.05, 3.63) is 0 Å². The Morgan fingerprint density at radius 2 is 1.38 bits per heavy atom. The summed E-state index contributed by atoms with van der Waals surface area (Å²) in [4.78, 5) is 4.49. The molecule has 0 radical (unpaired) electrons. The molecule has 0 saturated heterocycles. The largest absolute Gasteiger partial charge is 0.309 e. The molecule has 0 fully saturated rings. The minimum Gasteiger partial charge on any atom is -0.309 e. The zero-order valence-electron chi connectivity index (χ0n) is 12.2. The van der Waals surface area contributed by atoms with Crippen molar-refractivity contribution in [2.75, 3.05) is 61.9 Å². The van der Waals surface area contributed by atoms with Crippen LogP contribution in [0.2, 0.25) is 0 Å². The van der Waals surface area contributed by atoms with Crippen LogP contribution in [0.3, 0.4) is 0 Å². The van der Waals surface area contributed by atoms with E-state index in [1.807, 2.05) is 0 Å². The molecule has 1 atom stereocenters. The van der Waals surface area contributed by atoms with Crippen LogP contribution in [-0.2, 0) is 0 Å². The maximum absolute atomic E-state index is 2.31. The molecule has 0 saturated carbocycles. The first-order chi connectivity index (χ1) is 7.34. The highest BCUT2D eigenvalue weighted by atomic mass is 15.6. The number of likely N-dealkylation sites (N-methyl/N-ethyl adjacent to an activating group) is 2. The van der Waals surface area contributed by atoms with E-state index in [1.165, 1.54) is 6.42 Å². The second kappa shape index (κ2) is 8.01. The molecule has 1 unspecified atom stereocenters. The van der Waals surface area contributed by atoms with Crippen LogP contribution < -0.4 is 0 Å². The molecular formula is C12H30N4. The van der Waals surface area contributed by atoms with E-state index >= 15 is 0 Å². The Balaban J connectivity index is 3.76. The van der Waals surface area contributed by atoms with E-state index in [2.05, 4.69) is 69.0 Å². The van der Waals surface area contributed by atoms with E-state index in [0.29, 0.717) is 6.04 Å². The van der Waals surface area contributed by atoms with Gasteiger partial charge in [-0.05, 0) is 48.1 Å². The molecule has 0 amide bonds. The number of hydrazine groups is 1. The Hall–Kier alpha value is -0.160. The van der Waals surface area contributed by atoms with Crippen molar-refractivity contribution in [2.24, 2.45) is 0 Å². The summed E-state index contributed by atoms with van der Waals surface area (Å²) in [6, 6.07) is 0.585. The summed E-state index contributed by atoms with van der Waals surface area (Å²) < 4.78 is 0. The number of hydrogen-bond acceptors (Lipinski definition) is 4. The summed E-state index contributed by atoms with van der Waals surface area (Å²) in [5, 5.41) is 4.61. The molecule has 0 aliphatic heterocycles. The van der Waals surface area contributed by atoms with Gasteiger partial charge in [0.15, 0.2) is 0 Å². The molecule has 0 aliphatic carbocycles. The zero-order valence-corrected chi connectivity index (χ0v) is 12.2. The van der Waals surface area contributed by atoms with Gasteiger partial charge in [0.25, 0.3) is 0 Å². The van der Waals surface area contributed by atoms with Gasteiger partial charge in [0, 0.05) is 33.2 Å². The average Bonchev–Trinajstić information content (AvgIpc) is 2.16. The van der Waals surface area contributed by atoms with Crippen molar-refractivity contribution in [2.45, 2.75) is 19.4 Å². The molecular weight excluding hydrogens is 200 g/mol. The number of nitrogens with zero attached hydrogens (tertiary/aromatic N) is 4. The predicted molar refractivity (Wildman–Crippen MR) is 71.6 cm³/mol. The first-order valence-electron chi connectivity index (χ1n) is 6.08. The first-order valence-corrected chi connectivity index (χ1v) is 6.08. The van der Waals surface area contributed by atoms with E-state index < -0.39 is 0 Å². The van der Waals surface area contributed by atoms with Gasteiger partial charge >= 0.3 is 0 Å². The van der Waals surface area contributed by atoms with Gasteiger partial charge in [-0.25, -0.2) is 10.0 Å². The van der Waals surface area contributed by atoms with E-state index in [4.69, 9.17) is 0 Å². The molecule has 4 heteroatoms. The highest BCUT2D eigenvalue weighted by Crippen LogP contribution is 1.99. The minimum atomic E-state index is 0.585. The van der Waals surface area contributed by atoms with Crippen molar-refractivity contribution < 1.29 is 0 Å². The SMILES string of the molecule is CC(CN(C)N(C)CCCN(C)C)N(C)C. The fourth-order valence-electron chi connectivity index (χ4n) is 1.47. The van der Waals surface area contributed by atoms with Crippen molar-refractivity contribution in [3.63, 3.8) is 0 Å². The number of rotatable bonds is 8. The van der Waals surface area contributed by atoms with Crippen LogP contribution in [0.15, 0.2) is 0 Å². The Morgan fingerprint density at radius 3 is 1.81 bits per heavy atom. The van der Waals surface area contributed by atoms with Gasteiger partial charge in [-0.15, -0.1) is 0 Å². The summed E-state index contributed by atoms with van der Waals surface area (Å²) >= 11 is 0. The monoisotopic (exact) mass is 230 g/mol. The molecule has 0 aliphatic rings. The lowest BCUT2D eigenvalue weighted by Gasteiger charge is -2.32. The van der Waals surface area contributed by atoms with Crippen LogP contribution in [0.1, 0.15) is 13.3 Å². The van der Waals surface area contributed by atoms with E-state index in [1.54, 1.807) is 0 Å². The molecule has 0 heterocycles. The van der Waals surface area contributed by atoms with Gasteiger partial charge in [-0.3, -0.25) is 0 Å². The lowest BCUT2D eigenvalue weighted by molar-refractivity contribution is 0.00728. The number of hydrogen-bond donors (Lipinski definition) is 0. The standard InChI is InChI=1S/C12H30N4/c1-12(14(4)5)11-16(7)15(6)10-8-9-13(2)3/h12H,8-11H2,1-7H3. The van der Waals surface area contributed by atoms with Crippen molar-refractivity contribution in [1.29, 1.82) is 0 Å². The average molecular weight is 230 g/mol. The van der Waals surface area contributed by atoms with Gasteiger partial charge in [0.2, 0.25) is 0 Å². The van der Waals surface area contributed by atoms with Crippen LogP contribution >= 0.6 is 0 Å². The van der Waals surface area contributed by atoms with E-state index in [0.717, 1.165) is 19.6 Å². The van der Waals surface area contributed by atoms with Gasteiger partial charge < -0.3 is 9.80 Å². The van der Waals surface area contributed by atoms with Crippen LogP contribution in [0.4, 0.5) is 0 Å². The Bertz CT molecular complexity index is 170. The smallest absolute Gasteiger partial charge is 0.0283 e. The van der Waals surface area contributed by atoms with E-state index in [9.17, 15) is 0 Å². The highest BCUT2D eigenvalue weighted by Gasteiger charge is 2.11. The van der Waals surface area contributed by atoms with Crippen LogP contribution in [-0.4, -0.2) is 87.8 Å². The highest BCUT2D eigenvalue weighted by molar-refractivity contribution is 4.63. The normalized spacial score (nSPS) is 14.4. The Morgan fingerprint density at radius 1 is 0.812 bits per heavy atom. The third kappa shape index (κ3) is 7.17. The second-order valence-electron chi connectivity index (χ2n) is 5.19. The second-order valence-corrected chi connectivity index (χ2v) is 5.19. The summed E-state index contributed by atoms with van der Waals surface area (Å²) in [6.45, 7) is 5.60. The van der Waals surface area contributed by atoms with Crippen LogP contribution in [0.5, 0.6) is 0 Å². The fraction of sp³-hybridized carbons (Fsp3) is 1.00. The summed E-state index contributed by atoms with van der Waals surface area (Å²) in [5.41, 5.74) is 0. The van der Waals surface area contributed by atoms with Gasteiger partial charge in [0.1, 0.15) is 0 Å². The zero-order chi connectivity index (χ0) is 12.7. The molecule has 0 aromatic rings. The lowest BCUT2D eigenvalue weighted by atomic mass is 10.3. The summed E-state index contributed by atoms with van der Waals surface area (Å²) in [6.07, 6.45) is 1.21. The molecule has 4 nitrogen and oxygen atoms in total. The summed E-state index contributed by atoms with van der Waals surface area (Å²) in [5.74, 6) is 0. The van der Waals surface area contributed by atoms with Crippen molar-refractivity contribution >= 4 is 0 Å². The van der Waals surface area contributed by atoms with Crippen molar-refractivity contribution in [3.8, 4) is 0 Å². The first kappa shape index (κ1) is 15.8. The van der Waals surface area contributed by atoms with Crippen LogP contribution in [0.25, 0.3) is 0 Å². The molecule has 0 bridgehead atoms. The Labute approximate surface area is 102 Å². The van der Waals surface area contributed by atoms with Gasteiger partial charge in [-0.2, -0.15) is 0 Å². The maximum atomic E-state index is 2.31. The fourth-order valence-corrected chi connectivity index (χ4v) is 1.47. The topological polar surface area (TPSA) is 13.0 Å². The summed E-state index contributed by atoms with van der Waals surface area (Å²) in [7, 11) is 12.8. The minimum absolute atomic E-state index is 0.585. The molecule has 16 heavy (non-hydrogen) atoms. The molecule has 0 aromatic heterocycles. The molecule has 0 aromatic carbocycles. The molecule has 0 spiro atoms. The van der Waals surface area contributed by atoms with E-state index in [-0.39, 0.29) is 0 Å². The Kier molecular flexibility index (Phi) is 7.93. The predicted octanol–water partition coefficient (Wildman–Crippen LogP) is 0.667. The van der Waals surface area contributed by atoms with Crippen LogP contribution in [0, 0.1) is 0 Å². The van der Waals surface area contributed by atoms with Gasteiger partial charge in [-0.1, -0.05) is 0 Å². The molecule has 98 valence electrons. The third-order valence-electron chi connectivity index (χ3n) is 3.08. The maximum Gasteiger partial charge on any atom is 0.0283 e. The molecule has 0 N–H and O–H groups in total. The third-order valence-corrected chi connectivity index (χ3v) is 3.08. The lowest BCUT2D eigenvalue weighted by Crippen LogP contribution is -2.45. The van der Waals surface area contributed by atoms with Gasteiger partial charge in [0.05, 0.1) is 0 Å². The molecule has 0 rings (SSSR count).